The first-order valence-corrected chi connectivity index (χ1v) is 17.6. The van der Waals surface area contributed by atoms with Crippen LogP contribution in [0.4, 0.5) is 5.69 Å². The van der Waals surface area contributed by atoms with Gasteiger partial charge in [0.05, 0.1) is 33.5 Å². The predicted octanol–water partition coefficient (Wildman–Crippen LogP) is 12.4. The van der Waals surface area contributed by atoms with Gasteiger partial charge in [-0.15, -0.1) is 0 Å². The Morgan fingerprint density at radius 3 is 2.02 bits per heavy atom. The second-order valence-electron chi connectivity index (χ2n) is 13.4. The largest absolute Gasteiger partial charge is 0.459 e. The van der Waals surface area contributed by atoms with Crippen molar-refractivity contribution in [1.82, 2.24) is 9.13 Å². The van der Waals surface area contributed by atoms with Gasteiger partial charge in [-0.2, -0.15) is 0 Å². The molecule has 51 heavy (non-hydrogen) atoms. The van der Waals surface area contributed by atoms with E-state index in [2.05, 4.69) is 167 Å². The van der Waals surface area contributed by atoms with Crippen molar-refractivity contribution in [3.05, 3.63) is 175 Å². The van der Waals surface area contributed by atoms with E-state index in [-0.39, 0.29) is 0 Å². The van der Waals surface area contributed by atoms with Gasteiger partial charge >= 0.3 is 0 Å². The molecule has 0 bridgehead atoms. The highest BCUT2D eigenvalue weighted by atomic mass is 16.3. The number of hydrogen-bond donors (Lipinski definition) is 0. The number of rotatable bonds is 3. The number of allylic oxidation sites excluding steroid dienone is 2. The Labute approximate surface area is 293 Å². The molecule has 0 saturated carbocycles. The van der Waals surface area contributed by atoms with Gasteiger partial charge in [-0.3, -0.25) is 0 Å². The quantitative estimate of drug-likeness (QED) is 0.187. The second-order valence-corrected chi connectivity index (χ2v) is 13.4. The van der Waals surface area contributed by atoms with Gasteiger partial charge < -0.3 is 13.6 Å². The fourth-order valence-corrected chi connectivity index (χ4v) is 8.36. The highest BCUT2D eigenvalue weighted by Gasteiger charge is 2.26. The van der Waals surface area contributed by atoms with Crippen molar-refractivity contribution >= 4 is 82.4 Å². The minimum Gasteiger partial charge on any atom is -0.459 e. The van der Waals surface area contributed by atoms with E-state index < -0.39 is 0 Å². The third-order valence-electron chi connectivity index (χ3n) is 10.6. The molecule has 0 amide bonds. The van der Waals surface area contributed by atoms with E-state index >= 15 is 0 Å². The molecule has 0 aliphatic carbocycles. The van der Waals surface area contributed by atoms with Crippen LogP contribution in [0.5, 0.6) is 0 Å². The SMILES string of the molecule is C1=C(n2c3ccccc3c3cc4ccccc4cc32)C(c2cccc3c2c2ccccc2n3-c2ccccc2)=Nc2c(oc3ccccc23)CC1. The Hall–Kier alpha value is -6.65. The van der Waals surface area contributed by atoms with Gasteiger partial charge in [0, 0.05) is 44.6 Å². The Morgan fingerprint density at radius 2 is 1.18 bits per heavy atom. The summed E-state index contributed by atoms with van der Waals surface area (Å²) in [4.78, 5) is 5.73. The van der Waals surface area contributed by atoms with Crippen molar-refractivity contribution in [3.63, 3.8) is 0 Å². The fourth-order valence-electron chi connectivity index (χ4n) is 8.36. The zero-order valence-electron chi connectivity index (χ0n) is 27.8. The number of furan rings is 1. The van der Waals surface area contributed by atoms with Crippen molar-refractivity contribution in [2.75, 3.05) is 0 Å². The van der Waals surface area contributed by atoms with E-state index in [1.165, 1.54) is 48.9 Å². The van der Waals surface area contributed by atoms with Crippen LogP contribution >= 0.6 is 0 Å². The van der Waals surface area contributed by atoms with Crippen LogP contribution in [-0.2, 0) is 6.42 Å². The lowest BCUT2D eigenvalue weighted by atomic mass is 9.97. The van der Waals surface area contributed by atoms with Gasteiger partial charge in [0.15, 0.2) is 0 Å². The van der Waals surface area contributed by atoms with Crippen molar-refractivity contribution in [2.24, 2.45) is 4.99 Å². The minimum absolute atomic E-state index is 0.766. The summed E-state index contributed by atoms with van der Waals surface area (Å²) in [6, 6.07) is 56.5. The summed E-state index contributed by atoms with van der Waals surface area (Å²) in [6.07, 6.45) is 3.96. The van der Waals surface area contributed by atoms with Crippen LogP contribution in [-0.4, -0.2) is 14.8 Å². The fraction of sp³-hybridized carbons (Fsp3) is 0.0426. The Morgan fingerprint density at radius 1 is 0.510 bits per heavy atom. The normalized spacial score (nSPS) is 13.6. The van der Waals surface area contributed by atoms with Crippen LogP contribution < -0.4 is 0 Å². The minimum atomic E-state index is 0.766. The molecular formula is C47H31N3O. The molecular weight excluding hydrogens is 623 g/mol. The maximum absolute atomic E-state index is 6.50. The smallest absolute Gasteiger partial charge is 0.136 e. The lowest BCUT2D eigenvalue weighted by Gasteiger charge is -2.19. The number of aryl methyl sites for hydroxylation is 1. The molecule has 0 unspecified atom stereocenters. The Bertz CT molecular complexity index is 3080. The number of benzene rings is 7. The first kappa shape index (κ1) is 28.2. The van der Waals surface area contributed by atoms with Crippen molar-refractivity contribution in [1.29, 1.82) is 0 Å². The number of aliphatic imine (C=N–C) groups is 1. The molecule has 0 fully saturated rings. The first-order valence-electron chi connectivity index (χ1n) is 17.6. The molecule has 0 radical (unpaired) electrons. The van der Waals surface area contributed by atoms with Crippen molar-refractivity contribution < 1.29 is 4.42 Å². The topological polar surface area (TPSA) is 35.4 Å². The molecule has 11 rings (SSSR count). The summed E-state index contributed by atoms with van der Waals surface area (Å²) < 4.78 is 11.3. The summed E-state index contributed by atoms with van der Waals surface area (Å²) in [5.41, 5.74) is 10.7. The summed E-state index contributed by atoms with van der Waals surface area (Å²) in [5, 5.41) is 8.34. The molecule has 4 nitrogen and oxygen atoms in total. The number of aromatic nitrogens is 2. The third kappa shape index (κ3) is 4.17. The van der Waals surface area contributed by atoms with Gasteiger partial charge in [-0.05, 0) is 71.8 Å². The maximum Gasteiger partial charge on any atom is 0.136 e. The number of fused-ring (bicyclic) bond motifs is 10. The highest BCUT2D eigenvalue weighted by Crippen LogP contribution is 2.42. The van der Waals surface area contributed by atoms with Crippen molar-refractivity contribution in [3.8, 4) is 5.69 Å². The second kappa shape index (κ2) is 10.9. The lowest BCUT2D eigenvalue weighted by Crippen LogP contribution is -2.13. The highest BCUT2D eigenvalue weighted by molar-refractivity contribution is 6.36. The average Bonchev–Trinajstić information content (AvgIpc) is 3.81. The molecule has 4 heteroatoms. The maximum atomic E-state index is 6.50. The van der Waals surface area contributed by atoms with Crippen LogP contribution in [0, 0.1) is 0 Å². The molecule has 1 aliphatic heterocycles. The molecule has 0 saturated heterocycles. The molecule has 7 aromatic carbocycles. The van der Waals surface area contributed by atoms with E-state index in [1.807, 2.05) is 6.07 Å². The van der Waals surface area contributed by atoms with E-state index in [0.717, 1.165) is 63.4 Å². The summed E-state index contributed by atoms with van der Waals surface area (Å²) in [6.45, 7) is 0. The van der Waals surface area contributed by atoms with E-state index in [9.17, 15) is 0 Å². The molecule has 10 aromatic rings. The monoisotopic (exact) mass is 653 g/mol. The molecule has 0 N–H and O–H groups in total. The molecule has 240 valence electrons. The Kier molecular flexibility index (Phi) is 6.05. The van der Waals surface area contributed by atoms with Gasteiger partial charge in [0.2, 0.25) is 0 Å². The molecule has 4 heterocycles. The van der Waals surface area contributed by atoms with E-state index in [0.29, 0.717) is 0 Å². The first-order chi connectivity index (χ1) is 25.3. The zero-order chi connectivity index (χ0) is 33.5. The predicted molar refractivity (Wildman–Crippen MR) is 213 cm³/mol. The molecule has 3 aromatic heterocycles. The van der Waals surface area contributed by atoms with Gasteiger partial charge in [-0.1, -0.05) is 109 Å². The van der Waals surface area contributed by atoms with Crippen LogP contribution in [0.25, 0.3) is 76.7 Å². The zero-order valence-corrected chi connectivity index (χ0v) is 27.8. The van der Waals surface area contributed by atoms with Gasteiger partial charge in [0.1, 0.15) is 17.0 Å². The average molecular weight is 654 g/mol. The molecule has 0 atom stereocenters. The van der Waals surface area contributed by atoms with Gasteiger partial charge in [-0.25, -0.2) is 4.99 Å². The van der Waals surface area contributed by atoms with E-state index in [4.69, 9.17) is 9.41 Å². The van der Waals surface area contributed by atoms with Crippen LogP contribution in [0.3, 0.4) is 0 Å². The summed E-state index contributed by atoms with van der Waals surface area (Å²) in [5.74, 6) is 0.927. The number of para-hydroxylation sites is 4. The standard InChI is InChI=1S/C47H31N3O/c1-2-16-32(17-3-1)49-39-23-10-7-19-34(39)45-36(21-12-24-40(45)49)46-41(25-13-27-44-47(48-46)35-20-8-11-26-43(35)51-44)50-38-22-9-6-18-33(38)37-28-30-14-4-5-15-31(30)29-42(37)50/h1-12,14-26,28-29H,13,27H2. The molecule has 1 aliphatic rings. The summed E-state index contributed by atoms with van der Waals surface area (Å²) >= 11 is 0. The molecule has 0 spiro atoms. The number of nitrogens with zero attached hydrogens (tertiary/aromatic N) is 3. The summed E-state index contributed by atoms with van der Waals surface area (Å²) in [7, 11) is 0. The van der Waals surface area contributed by atoms with Gasteiger partial charge in [0.25, 0.3) is 0 Å². The van der Waals surface area contributed by atoms with E-state index in [1.54, 1.807) is 0 Å². The Balaban J connectivity index is 1.29. The number of hydrogen-bond acceptors (Lipinski definition) is 2. The van der Waals surface area contributed by atoms with Crippen molar-refractivity contribution in [2.45, 2.75) is 12.8 Å². The van der Waals surface area contributed by atoms with Crippen LogP contribution in [0.15, 0.2) is 173 Å². The van der Waals surface area contributed by atoms with Crippen LogP contribution in [0.2, 0.25) is 0 Å². The lowest BCUT2D eigenvalue weighted by molar-refractivity contribution is 0.550. The van der Waals surface area contributed by atoms with Crippen LogP contribution in [0.1, 0.15) is 17.7 Å². The third-order valence-corrected chi connectivity index (χ3v) is 10.6.